The molecule has 2 aliphatic rings. The smallest absolute Gasteiger partial charge is 0.258 e. The van der Waals surface area contributed by atoms with Crippen LogP contribution in [0.5, 0.6) is 0 Å². The van der Waals surface area contributed by atoms with Gasteiger partial charge in [0.25, 0.3) is 5.91 Å². The van der Waals surface area contributed by atoms with Crippen molar-refractivity contribution in [2.75, 3.05) is 5.32 Å². The Balaban J connectivity index is 1.56. The monoisotopic (exact) mass is 373 g/mol. The second-order valence-corrected chi connectivity index (χ2v) is 7.63. The second kappa shape index (κ2) is 6.16. The largest absolute Gasteiger partial charge is 0.365 e. The van der Waals surface area contributed by atoms with Crippen molar-refractivity contribution in [3.63, 3.8) is 0 Å². The summed E-state index contributed by atoms with van der Waals surface area (Å²) >= 11 is 7.63. The molecule has 1 aliphatic carbocycles. The molecule has 0 saturated heterocycles. The van der Waals surface area contributed by atoms with Crippen molar-refractivity contribution >= 4 is 40.4 Å². The number of primary amides is 1. The fourth-order valence-electron chi connectivity index (χ4n) is 2.72. The van der Waals surface area contributed by atoms with Gasteiger partial charge in [0.15, 0.2) is 0 Å². The molecule has 0 spiro atoms. The van der Waals surface area contributed by atoms with E-state index >= 15 is 0 Å². The van der Waals surface area contributed by atoms with Gasteiger partial charge in [0.2, 0.25) is 0 Å². The Bertz CT molecular complexity index is 921. The summed E-state index contributed by atoms with van der Waals surface area (Å²) in [6, 6.07) is 5.20. The minimum atomic E-state index is -0.453. The molecule has 1 unspecified atom stereocenters. The SMILES string of the molecule is C=C1C(c2ccc(C(N)=O)s2)=NC=C(Cl)C1Nc1cc(C2CC2)[nH]n1. The summed E-state index contributed by atoms with van der Waals surface area (Å²) in [4.78, 5) is 17.0. The molecule has 0 bridgehead atoms. The lowest BCUT2D eigenvalue weighted by atomic mass is 10.00. The van der Waals surface area contributed by atoms with Gasteiger partial charge in [-0.05, 0) is 30.5 Å². The highest BCUT2D eigenvalue weighted by atomic mass is 35.5. The molecule has 4 N–H and O–H groups in total. The number of rotatable bonds is 5. The van der Waals surface area contributed by atoms with E-state index in [1.807, 2.05) is 12.1 Å². The number of thiophene rings is 1. The number of H-pyrrole nitrogens is 1. The summed E-state index contributed by atoms with van der Waals surface area (Å²) in [5.41, 5.74) is 7.88. The normalized spacial score (nSPS) is 20.2. The van der Waals surface area contributed by atoms with Crippen LogP contribution >= 0.6 is 22.9 Å². The number of nitrogens with two attached hydrogens (primary N) is 1. The van der Waals surface area contributed by atoms with Gasteiger partial charge < -0.3 is 11.1 Å². The lowest BCUT2D eigenvalue weighted by Crippen LogP contribution is -2.29. The highest BCUT2D eigenvalue weighted by Gasteiger charge is 2.28. The average molecular weight is 374 g/mol. The van der Waals surface area contributed by atoms with Crippen molar-refractivity contribution < 1.29 is 4.79 Å². The number of aliphatic imine (C=N–C) groups is 1. The predicted octanol–water partition coefficient (Wildman–Crippen LogP) is 3.37. The molecule has 0 radical (unpaired) electrons. The van der Waals surface area contributed by atoms with Crippen molar-refractivity contribution in [1.29, 1.82) is 0 Å². The van der Waals surface area contributed by atoms with Crippen molar-refractivity contribution in [2.24, 2.45) is 10.7 Å². The van der Waals surface area contributed by atoms with Crippen LogP contribution in [0.15, 0.2) is 46.6 Å². The number of hydrogen-bond acceptors (Lipinski definition) is 5. The fourth-order valence-corrected chi connectivity index (χ4v) is 3.85. The van der Waals surface area contributed by atoms with Crippen LogP contribution in [0.3, 0.4) is 0 Å². The lowest BCUT2D eigenvalue weighted by molar-refractivity contribution is 0.100. The number of nitrogens with one attached hydrogen (secondary N) is 2. The van der Waals surface area contributed by atoms with Crippen molar-refractivity contribution in [3.8, 4) is 0 Å². The van der Waals surface area contributed by atoms with Gasteiger partial charge in [0, 0.05) is 23.9 Å². The average Bonchev–Trinajstić information content (AvgIpc) is 3.12. The first kappa shape index (κ1) is 16.1. The van der Waals surface area contributed by atoms with E-state index in [4.69, 9.17) is 17.3 Å². The van der Waals surface area contributed by atoms with Crippen LogP contribution in [-0.2, 0) is 0 Å². The lowest BCUT2D eigenvalue weighted by Gasteiger charge is -2.23. The molecule has 1 atom stereocenters. The zero-order chi connectivity index (χ0) is 17.6. The Hall–Kier alpha value is -2.38. The summed E-state index contributed by atoms with van der Waals surface area (Å²) in [6.45, 7) is 4.14. The molecule has 1 aliphatic heterocycles. The van der Waals surface area contributed by atoms with Crippen molar-refractivity contribution in [2.45, 2.75) is 24.8 Å². The van der Waals surface area contributed by atoms with Crippen LogP contribution in [0.1, 0.15) is 39.0 Å². The first-order valence-corrected chi connectivity index (χ1v) is 9.06. The molecule has 25 heavy (non-hydrogen) atoms. The van der Waals surface area contributed by atoms with Crippen LogP contribution in [0.2, 0.25) is 0 Å². The molecule has 1 fully saturated rings. The van der Waals surface area contributed by atoms with E-state index < -0.39 is 5.91 Å². The number of aromatic amines is 1. The molecular formula is C17H16ClN5OS. The highest BCUT2D eigenvalue weighted by molar-refractivity contribution is 7.16. The minimum absolute atomic E-state index is 0.316. The molecule has 8 heteroatoms. The second-order valence-electron chi connectivity index (χ2n) is 6.11. The van der Waals surface area contributed by atoms with E-state index in [0.29, 0.717) is 21.5 Å². The van der Waals surface area contributed by atoms with E-state index in [-0.39, 0.29) is 6.04 Å². The highest BCUT2D eigenvalue weighted by Crippen LogP contribution is 2.40. The number of nitrogens with zero attached hydrogens (tertiary/aromatic N) is 2. The minimum Gasteiger partial charge on any atom is -0.365 e. The number of hydrogen-bond donors (Lipinski definition) is 3. The molecule has 3 heterocycles. The molecule has 2 aromatic rings. The fraction of sp³-hybridized carbons (Fsp3) is 0.235. The maximum atomic E-state index is 11.3. The van der Waals surface area contributed by atoms with Crippen molar-refractivity contribution in [1.82, 2.24) is 10.2 Å². The summed E-state index contributed by atoms with van der Waals surface area (Å²) in [5, 5.41) is 11.2. The van der Waals surface area contributed by atoms with Gasteiger partial charge in [0.05, 0.1) is 26.5 Å². The number of carbonyl (C=O) groups excluding carboxylic acids is 1. The first-order chi connectivity index (χ1) is 12.0. The number of amides is 1. The quantitative estimate of drug-likeness (QED) is 0.749. The molecular weight excluding hydrogens is 358 g/mol. The van der Waals surface area contributed by atoms with Gasteiger partial charge in [-0.25, -0.2) is 0 Å². The number of carbonyl (C=O) groups is 1. The van der Waals surface area contributed by atoms with E-state index in [9.17, 15) is 4.79 Å². The van der Waals surface area contributed by atoms with Gasteiger partial charge in [0.1, 0.15) is 5.82 Å². The maximum Gasteiger partial charge on any atom is 0.258 e. The Kier molecular flexibility index (Phi) is 3.97. The van der Waals surface area contributed by atoms with Crippen LogP contribution in [0.4, 0.5) is 5.82 Å². The standard InChI is InChI=1S/C17H16ClN5OS/c1-8-15(21-14-6-11(22-23-14)9-2-3-9)10(18)7-20-16(8)12-4-5-13(25-12)17(19)24/h4-7,9,15H,1-3H2,(H2,19,24)(H2,21,22,23). The van der Waals surface area contributed by atoms with Gasteiger partial charge in [-0.15, -0.1) is 11.3 Å². The van der Waals surface area contributed by atoms with Crippen LogP contribution in [-0.4, -0.2) is 27.9 Å². The summed E-state index contributed by atoms with van der Waals surface area (Å²) in [6.07, 6.45) is 4.01. The number of anilines is 1. The third-order valence-electron chi connectivity index (χ3n) is 4.23. The molecule has 0 aromatic carbocycles. The Morgan fingerprint density at radius 2 is 2.24 bits per heavy atom. The van der Waals surface area contributed by atoms with E-state index in [0.717, 1.165) is 22.0 Å². The van der Waals surface area contributed by atoms with Gasteiger partial charge in [-0.3, -0.25) is 14.9 Å². The molecule has 128 valence electrons. The molecule has 1 amide bonds. The molecule has 1 saturated carbocycles. The Morgan fingerprint density at radius 1 is 1.44 bits per heavy atom. The topological polar surface area (TPSA) is 96.2 Å². The Morgan fingerprint density at radius 3 is 2.92 bits per heavy atom. The molecule has 6 nitrogen and oxygen atoms in total. The van der Waals surface area contributed by atoms with Gasteiger partial charge >= 0.3 is 0 Å². The predicted molar refractivity (Wildman–Crippen MR) is 100 cm³/mol. The number of aromatic nitrogens is 2. The molecule has 2 aromatic heterocycles. The van der Waals surface area contributed by atoms with Crippen LogP contribution in [0.25, 0.3) is 0 Å². The van der Waals surface area contributed by atoms with E-state index in [1.165, 1.54) is 24.2 Å². The Labute approximate surface area is 153 Å². The van der Waals surface area contributed by atoms with E-state index in [1.54, 1.807) is 12.3 Å². The third-order valence-corrected chi connectivity index (χ3v) is 5.66. The zero-order valence-electron chi connectivity index (χ0n) is 13.3. The third kappa shape index (κ3) is 3.12. The van der Waals surface area contributed by atoms with Crippen LogP contribution < -0.4 is 11.1 Å². The van der Waals surface area contributed by atoms with Gasteiger partial charge in [-0.1, -0.05) is 18.2 Å². The summed E-state index contributed by atoms with van der Waals surface area (Å²) in [5.74, 6) is 0.870. The van der Waals surface area contributed by atoms with Gasteiger partial charge in [-0.2, -0.15) is 5.10 Å². The summed E-state index contributed by atoms with van der Waals surface area (Å²) < 4.78 is 0. The zero-order valence-corrected chi connectivity index (χ0v) is 14.8. The van der Waals surface area contributed by atoms with E-state index in [2.05, 4.69) is 27.1 Å². The summed E-state index contributed by atoms with van der Waals surface area (Å²) in [7, 11) is 0. The molecule has 4 rings (SSSR count). The maximum absolute atomic E-state index is 11.3. The van der Waals surface area contributed by atoms with Crippen LogP contribution in [0, 0.1) is 0 Å². The van der Waals surface area contributed by atoms with Crippen molar-refractivity contribution in [3.05, 3.63) is 57.0 Å². The first-order valence-electron chi connectivity index (χ1n) is 7.87. The number of halogens is 1.